The van der Waals surface area contributed by atoms with E-state index in [9.17, 15) is 4.79 Å². The Kier molecular flexibility index (Phi) is 15.1. The molecule has 2 rings (SSSR count). The van der Waals surface area contributed by atoms with E-state index in [-0.39, 0.29) is 5.91 Å². The van der Waals surface area contributed by atoms with Crippen molar-refractivity contribution in [2.75, 3.05) is 0 Å². The summed E-state index contributed by atoms with van der Waals surface area (Å²) in [6, 6.07) is 9.64. The van der Waals surface area contributed by atoms with Gasteiger partial charge in [0.05, 0.1) is 11.3 Å². The molecule has 0 atom stereocenters. The number of nitrogens with one attached hydrogen (secondary N) is 1. The lowest BCUT2D eigenvalue weighted by Crippen LogP contribution is -2.22. The number of allylic oxidation sites excluding steroid dienone is 9. The molecule has 32 heavy (non-hydrogen) atoms. The van der Waals surface area contributed by atoms with Crippen molar-refractivity contribution in [3.05, 3.63) is 110 Å². The smallest absolute Gasteiger partial charge is 0.259 e. The molecule has 1 aromatic carbocycles. The van der Waals surface area contributed by atoms with Crippen LogP contribution in [0.4, 0.5) is 0 Å². The predicted molar refractivity (Wildman–Crippen MR) is 140 cm³/mol. The highest BCUT2D eigenvalue weighted by Crippen LogP contribution is 2.24. The molecule has 1 heterocycles. The van der Waals surface area contributed by atoms with Crippen molar-refractivity contribution in [2.45, 2.75) is 41.5 Å². The molecule has 0 fully saturated rings. The molecule has 0 unspecified atom stereocenters. The lowest BCUT2D eigenvalue weighted by atomic mass is 10.1. The summed E-state index contributed by atoms with van der Waals surface area (Å²) in [5.41, 5.74) is 3.42. The van der Waals surface area contributed by atoms with Crippen LogP contribution in [0.25, 0.3) is 17.0 Å². The highest BCUT2D eigenvalue weighted by molar-refractivity contribution is 6.01. The number of carbonyl (C=O) groups excluding carboxylic acids is 1. The Hall–Kier alpha value is -3.66. The Bertz CT molecular complexity index is 958. The molecular formula is C28H37N3O. The minimum Gasteiger partial charge on any atom is -0.322 e. The zero-order valence-corrected chi connectivity index (χ0v) is 20.3. The normalized spacial score (nSPS) is 11.3. The SMILES string of the molecule is C=C/C=C(\C=C/C)NC(=O)c1cn(C(/C=C\C)=C/C=C)nc1-c1ccccc1.CC.CC. The molecule has 0 aliphatic heterocycles. The van der Waals surface area contributed by atoms with Gasteiger partial charge in [0.2, 0.25) is 0 Å². The molecule has 2 aromatic rings. The number of hydrogen-bond donors (Lipinski definition) is 1. The largest absolute Gasteiger partial charge is 0.322 e. The van der Waals surface area contributed by atoms with Gasteiger partial charge in [0, 0.05) is 17.5 Å². The van der Waals surface area contributed by atoms with Crippen molar-refractivity contribution in [3.8, 4) is 11.3 Å². The molecule has 0 saturated carbocycles. The van der Waals surface area contributed by atoms with Crippen LogP contribution in [-0.4, -0.2) is 15.7 Å². The Balaban J connectivity index is 0.00000227. The number of nitrogens with zero attached hydrogens (tertiary/aromatic N) is 2. The van der Waals surface area contributed by atoms with E-state index in [0.717, 1.165) is 11.3 Å². The first kappa shape index (κ1) is 28.3. The topological polar surface area (TPSA) is 46.9 Å². The van der Waals surface area contributed by atoms with Gasteiger partial charge in [-0.25, -0.2) is 4.68 Å². The molecule has 4 nitrogen and oxygen atoms in total. The Morgan fingerprint density at radius 3 is 2.06 bits per heavy atom. The maximum atomic E-state index is 13.0. The molecule has 4 heteroatoms. The number of aromatic nitrogens is 2. The fourth-order valence-electron chi connectivity index (χ4n) is 2.63. The van der Waals surface area contributed by atoms with Gasteiger partial charge in [-0.15, -0.1) is 0 Å². The van der Waals surface area contributed by atoms with Gasteiger partial charge >= 0.3 is 0 Å². The number of amides is 1. The number of benzene rings is 1. The average Bonchev–Trinajstić information content (AvgIpc) is 3.28. The second-order valence-electron chi connectivity index (χ2n) is 5.84. The quantitative estimate of drug-likeness (QED) is 0.438. The summed E-state index contributed by atoms with van der Waals surface area (Å²) in [5, 5.41) is 7.58. The monoisotopic (exact) mass is 431 g/mol. The van der Waals surface area contributed by atoms with Gasteiger partial charge in [-0.3, -0.25) is 4.79 Å². The summed E-state index contributed by atoms with van der Waals surface area (Å²) in [5.74, 6) is -0.241. The standard InChI is InChI=1S/C24H25N3O.2C2H6/c1-5-12-20(13-6-2)25-24(28)22-18-27(21(14-7-3)15-8-4)26-23(22)19-16-10-9-11-17-19;2*1-2/h5-18H,1,3H2,2,4H3,(H,25,28);2*1-2H3/b13-6-,15-8-,20-12+,21-14+;;. The zero-order valence-electron chi connectivity index (χ0n) is 20.3. The molecule has 1 aromatic heterocycles. The molecule has 1 amide bonds. The van der Waals surface area contributed by atoms with Crippen molar-refractivity contribution in [1.29, 1.82) is 0 Å². The summed E-state index contributed by atoms with van der Waals surface area (Å²) in [4.78, 5) is 13.0. The van der Waals surface area contributed by atoms with E-state index in [1.165, 1.54) is 0 Å². The lowest BCUT2D eigenvalue weighted by Gasteiger charge is -2.06. The fourth-order valence-corrected chi connectivity index (χ4v) is 2.63. The van der Waals surface area contributed by atoms with E-state index >= 15 is 0 Å². The molecule has 170 valence electrons. The average molecular weight is 432 g/mol. The minimum absolute atomic E-state index is 0.241. The van der Waals surface area contributed by atoms with Crippen molar-refractivity contribution in [1.82, 2.24) is 15.1 Å². The third kappa shape index (κ3) is 8.60. The predicted octanol–water partition coefficient (Wildman–Crippen LogP) is 7.58. The van der Waals surface area contributed by atoms with Gasteiger partial charge in [0.15, 0.2) is 0 Å². The van der Waals surface area contributed by atoms with Crippen LogP contribution in [-0.2, 0) is 0 Å². The van der Waals surface area contributed by atoms with Crippen molar-refractivity contribution in [2.24, 2.45) is 0 Å². The Labute approximate surface area is 194 Å². The fraction of sp³-hybridized carbons (Fsp3) is 0.214. The maximum absolute atomic E-state index is 13.0. The van der Waals surface area contributed by atoms with Crippen molar-refractivity contribution >= 4 is 11.6 Å². The zero-order chi connectivity index (χ0) is 24.4. The Morgan fingerprint density at radius 2 is 1.53 bits per heavy atom. The molecule has 0 aliphatic rings. The molecule has 1 N–H and O–H groups in total. The van der Waals surface area contributed by atoms with Gasteiger partial charge < -0.3 is 5.32 Å². The van der Waals surface area contributed by atoms with Crippen LogP contribution in [0.5, 0.6) is 0 Å². The molecular weight excluding hydrogens is 394 g/mol. The van der Waals surface area contributed by atoms with Gasteiger partial charge in [-0.05, 0) is 38.2 Å². The van der Waals surface area contributed by atoms with Crippen molar-refractivity contribution < 1.29 is 4.79 Å². The van der Waals surface area contributed by atoms with E-state index in [1.807, 2.05) is 102 Å². The summed E-state index contributed by atoms with van der Waals surface area (Å²) in [6.07, 6.45) is 16.1. The van der Waals surface area contributed by atoms with Crippen LogP contribution >= 0.6 is 0 Å². The second-order valence-corrected chi connectivity index (χ2v) is 5.84. The third-order valence-electron chi connectivity index (χ3n) is 3.80. The van der Waals surface area contributed by atoms with Crippen LogP contribution in [0.1, 0.15) is 51.9 Å². The molecule has 0 radical (unpaired) electrons. The first-order chi connectivity index (χ1) is 15.6. The summed E-state index contributed by atoms with van der Waals surface area (Å²) in [7, 11) is 0. The maximum Gasteiger partial charge on any atom is 0.259 e. The molecule has 0 spiro atoms. The highest BCUT2D eigenvalue weighted by atomic mass is 16.1. The van der Waals surface area contributed by atoms with Crippen molar-refractivity contribution in [3.63, 3.8) is 0 Å². The number of hydrogen-bond acceptors (Lipinski definition) is 2. The van der Waals surface area contributed by atoms with E-state index in [2.05, 4.69) is 23.6 Å². The second kappa shape index (κ2) is 17.1. The van der Waals surface area contributed by atoms with Gasteiger partial charge in [0.25, 0.3) is 5.91 Å². The van der Waals surface area contributed by atoms with Gasteiger partial charge in [-0.1, -0.05) is 95.5 Å². The third-order valence-corrected chi connectivity index (χ3v) is 3.80. The van der Waals surface area contributed by atoms with E-state index in [4.69, 9.17) is 0 Å². The van der Waals surface area contributed by atoms with Crippen LogP contribution in [0.3, 0.4) is 0 Å². The Morgan fingerprint density at radius 1 is 0.938 bits per heavy atom. The first-order valence-electron chi connectivity index (χ1n) is 11.0. The van der Waals surface area contributed by atoms with Crippen LogP contribution in [0, 0.1) is 0 Å². The van der Waals surface area contributed by atoms with E-state index in [1.54, 1.807) is 29.1 Å². The summed E-state index contributed by atoms with van der Waals surface area (Å²) >= 11 is 0. The van der Waals surface area contributed by atoms with Gasteiger partial charge in [0.1, 0.15) is 5.69 Å². The van der Waals surface area contributed by atoms with Crippen LogP contribution < -0.4 is 5.32 Å². The first-order valence-corrected chi connectivity index (χ1v) is 11.0. The van der Waals surface area contributed by atoms with E-state index in [0.29, 0.717) is 17.0 Å². The minimum atomic E-state index is -0.241. The lowest BCUT2D eigenvalue weighted by molar-refractivity contribution is 0.0968. The molecule has 0 aliphatic carbocycles. The number of carbonyl (C=O) groups is 1. The number of rotatable bonds is 8. The summed E-state index contributed by atoms with van der Waals surface area (Å²) in [6.45, 7) is 19.3. The summed E-state index contributed by atoms with van der Waals surface area (Å²) < 4.78 is 1.69. The van der Waals surface area contributed by atoms with E-state index < -0.39 is 0 Å². The molecule has 0 saturated heterocycles. The van der Waals surface area contributed by atoms with Crippen LogP contribution in [0.15, 0.2) is 104 Å². The van der Waals surface area contributed by atoms with Crippen LogP contribution in [0.2, 0.25) is 0 Å². The van der Waals surface area contributed by atoms with Gasteiger partial charge in [-0.2, -0.15) is 5.10 Å². The molecule has 0 bridgehead atoms. The highest BCUT2D eigenvalue weighted by Gasteiger charge is 2.19.